The summed E-state index contributed by atoms with van der Waals surface area (Å²) in [5.74, 6) is 1.08. The van der Waals surface area contributed by atoms with Crippen molar-refractivity contribution in [3.8, 4) is 6.07 Å². The van der Waals surface area contributed by atoms with Crippen LogP contribution in [0.4, 0.5) is 0 Å². The van der Waals surface area contributed by atoms with Crippen LogP contribution in [0.5, 0.6) is 0 Å². The minimum atomic E-state index is -0.0779. The van der Waals surface area contributed by atoms with E-state index in [0.29, 0.717) is 44.0 Å². The first-order valence-electron chi connectivity index (χ1n) is 8.48. The predicted molar refractivity (Wildman–Crippen MR) is 97.5 cm³/mol. The molecule has 1 N–H and O–H groups in total. The molecule has 0 spiro atoms. The van der Waals surface area contributed by atoms with Gasteiger partial charge in [0.05, 0.1) is 17.9 Å². The number of carbonyl (C=O) groups is 1. The van der Waals surface area contributed by atoms with Gasteiger partial charge in [0, 0.05) is 39.8 Å². The van der Waals surface area contributed by atoms with Crippen LogP contribution in [0.25, 0.3) is 0 Å². The highest BCUT2D eigenvalue weighted by atomic mass is 16.3. The Kier molecular flexibility index (Phi) is 5.54. The van der Waals surface area contributed by atoms with Gasteiger partial charge in [-0.05, 0) is 29.8 Å². The van der Waals surface area contributed by atoms with Gasteiger partial charge in [0.15, 0.2) is 11.7 Å². The molecule has 0 saturated carbocycles. The molecule has 0 atom stereocenters. The molecule has 134 valence electrons. The molecule has 2 heterocycles. The summed E-state index contributed by atoms with van der Waals surface area (Å²) in [5, 5.41) is 12.3. The maximum absolute atomic E-state index is 12.3. The number of benzene rings is 1. The van der Waals surface area contributed by atoms with E-state index in [1.807, 2.05) is 18.2 Å². The molecule has 1 aromatic carbocycles. The lowest BCUT2D eigenvalue weighted by Gasteiger charge is -2.36. The Bertz CT molecular complexity index is 815. The van der Waals surface area contributed by atoms with Crippen molar-refractivity contribution in [3.05, 3.63) is 59.5 Å². The number of guanidine groups is 1. The van der Waals surface area contributed by atoms with Gasteiger partial charge in [-0.15, -0.1) is 0 Å². The third-order valence-corrected chi connectivity index (χ3v) is 4.32. The molecular weight excluding hydrogens is 330 g/mol. The van der Waals surface area contributed by atoms with Crippen molar-refractivity contribution in [2.45, 2.75) is 6.54 Å². The van der Waals surface area contributed by atoms with Crippen molar-refractivity contribution in [1.29, 1.82) is 5.26 Å². The number of amides is 1. The third kappa shape index (κ3) is 4.03. The highest BCUT2D eigenvalue weighted by Crippen LogP contribution is 2.10. The average Bonchev–Trinajstić information content (AvgIpc) is 3.23. The van der Waals surface area contributed by atoms with Gasteiger partial charge in [-0.2, -0.15) is 5.26 Å². The van der Waals surface area contributed by atoms with Gasteiger partial charge in [-0.25, -0.2) is 0 Å². The first-order chi connectivity index (χ1) is 12.7. The Labute approximate surface area is 152 Å². The monoisotopic (exact) mass is 351 g/mol. The van der Waals surface area contributed by atoms with Gasteiger partial charge < -0.3 is 19.5 Å². The van der Waals surface area contributed by atoms with Gasteiger partial charge in [-0.1, -0.05) is 12.1 Å². The predicted octanol–water partition coefficient (Wildman–Crippen LogP) is 1.68. The summed E-state index contributed by atoms with van der Waals surface area (Å²) in [7, 11) is 1.74. The van der Waals surface area contributed by atoms with Crippen molar-refractivity contribution in [1.82, 2.24) is 15.1 Å². The summed E-state index contributed by atoms with van der Waals surface area (Å²) in [6, 6.07) is 13.0. The summed E-state index contributed by atoms with van der Waals surface area (Å²) < 4.78 is 5.19. The molecule has 0 aliphatic carbocycles. The van der Waals surface area contributed by atoms with Crippen LogP contribution in [0, 0.1) is 11.3 Å². The van der Waals surface area contributed by atoms with E-state index in [0.717, 1.165) is 11.5 Å². The third-order valence-electron chi connectivity index (χ3n) is 4.32. The Morgan fingerprint density at radius 1 is 1.23 bits per heavy atom. The highest BCUT2D eigenvalue weighted by Gasteiger charge is 2.25. The topological polar surface area (TPSA) is 84.9 Å². The fraction of sp³-hybridized carbons (Fsp3) is 0.316. The maximum atomic E-state index is 12.3. The number of piperazine rings is 1. The van der Waals surface area contributed by atoms with Gasteiger partial charge in [-0.3, -0.25) is 9.79 Å². The van der Waals surface area contributed by atoms with Crippen molar-refractivity contribution in [3.63, 3.8) is 0 Å². The number of furan rings is 1. The molecule has 0 unspecified atom stereocenters. The molecule has 0 bridgehead atoms. The molecule has 1 aliphatic heterocycles. The smallest absolute Gasteiger partial charge is 0.289 e. The molecule has 1 aliphatic rings. The summed E-state index contributed by atoms with van der Waals surface area (Å²) in [5.41, 5.74) is 1.67. The lowest BCUT2D eigenvalue weighted by atomic mass is 10.1. The van der Waals surface area contributed by atoms with Crippen molar-refractivity contribution in [2.75, 3.05) is 33.2 Å². The molecule has 1 amide bonds. The normalized spacial score (nSPS) is 14.8. The first kappa shape index (κ1) is 17.5. The van der Waals surface area contributed by atoms with Crippen LogP contribution in [0.15, 0.2) is 52.1 Å². The number of rotatable bonds is 3. The molecule has 1 fully saturated rings. The lowest BCUT2D eigenvalue weighted by molar-refractivity contribution is 0.0657. The van der Waals surface area contributed by atoms with Crippen molar-refractivity contribution >= 4 is 11.9 Å². The van der Waals surface area contributed by atoms with Gasteiger partial charge in [0.1, 0.15) is 0 Å². The lowest BCUT2D eigenvalue weighted by Crippen LogP contribution is -2.53. The number of nitrogens with one attached hydrogen (secondary N) is 1. The Morgan fingerprint density at radius 3 is 2.65 bits per heavy atom. The van der Waals surface area contributed by atoms with E-state index in [-0.39, 0.29) is 5.91 Å². The van der Waals surface area contributed by atoms with Crippen LogP contribution in [0.2, 0.25) is 0 Å². The molecule has 2 aromatic rings. The second-order valence-corrected chi connectivity index (χ2v) is 5.97. The number of nitriles is 1. The Morgan fingerprint density at radius 2 is 2.00 bits per heavy atom. The highest BCUT2D eigenvalue weighted by molar-refractivity contribution is 5.91. The summed E-state index contributed by atoms with van der Waals surface area (Å²) in [4.78, 5) is 20.6. The molecule has 1 aromatic heterocycles. The summed E-state index contributed by atoms with van der Waals surface area (Å²) >= 11 is 0. The number of hydrogen-bond donors (Lipinski definition) is 1. The van der Waals surface area contributed by atoms with Crippen LogP contribution in [0.1, 0.15) is 21.7 Å². The molecule has 0 radical (unpaired) electrons. The van der Waals surface area contributed by atoms with E-state index in [4.69, 9.17) is 9.68 Å². The van der Waals surface area contributed by atoms with Crippen LogP contribution < -0.4 is 5.32 Å². The molecule has 7 nitrogen and oxygen atoms in total. The van der Waals surface area contributed by atoms with Crippen LogP contribution in [0.3, 0.4) is 0 Å². The fourth-order valence-corrected chi connectivity index (χ4v) is 2.94. The Hall–Kier alpha value is -3.27. The molecule has 3 rings (SSSR count). The quantitative estimate of drug-likeness (QED) is 0.672. The summed E-state index contributed by atoms with van der Waals surface area (Å²) in [6.07, 6.45) is 1.51. The second-order valence-electron chi connectivity index (χ2n) is 5.97. The van der Waals surface area contributed by atoms with Crippen LogP contribution in [-0.2, 0) is 6.54 Å². The Balaban J connectivity index is 1.54. The second kappa shape index (κ2) is 8.21. The van der Waals surface area contributed by atoms with E-state index < -0.39 is 0 Å². The van der Waals surface area contributed by atoms with Crippen molar-refractivity contribution in [2.24, 2.45) is 4.99 Å². The standard InChI is InChI=1S/C19H21N5O2/c1-21-19(22-14-16-5-2-4-15(12-16)13-20)24-9-7-23(8-10-24)18(25)17-6-3-11-26-17/h2-6,11-12H,7-10,14H2,1H3,(H,21,22). The zero-order valence-corrected chi connectivity index (χ0v) is 14.7. The van der Waals surface area contributed by atoms with Crippen LogP contribution in [-0.4, -0.2) is 54.9 Å². The number of hydrogen-bond acceptors (Lipinski definition) is 4. The van der Waals surface area contributed by atoms with E-state index >= 15 is 0 Å². The molecule has 7 heteroatoms. The fourth-order valence-electron chi connectivity index (χ4n) is 2.94. The van der Waals surface area contributed by atoms with Gasteiger partial charge >= 0.3 is 0 Å². The van der Waals surface area contributed by atoms with E-state index in [2.05, 4.69) is 21.3 Å². The average molecular weight is 351 g/mol. The van der Waals surface area contributed by atoms with Gasteiger partial charge in [0.2, 0.25) is 0 Å². The van der Waals surface area contributed by atoms with Crippen molar-refractivity contribution < 1.29 is 9.21 Å². The van der Waals surface area contributed by atoms with E-state index in [9.17, 15) is 4.79 Å². The van der Waals surface area contributed by atoms with Gasteiger partial charge in [0.25, 0.3) is 5.91 Å². The molecular formula is C19H21N5O2. The number of nitrogens with zero attached hydrogens (tertiary/aromatic N) is 4. The molecule has 26 heavy (non-hydrogen) atoms. The zero-order valence-electron chi connectivity index (χ0n) is 14.7. The minimum Gasteiger partial charge on any atom is -0.459 e. The largest absolute Gasteiger partial charge is 0.459 e. The minimum absolute atomic E-state index is 0.0779. The summed E-state index contributed by atoms with van der Waals surface area (Å²) in [6.45, 7) is 3.22. The molecule has 1 saturated heterocycles. The van der Waals surface area contributed by atoms with E-state index in [1.165, 1.54) is 6.26 Å². The number of aliphatic imine (C=N–C) groups is 1. The van der Waals surface area contributed by atoms with Crippen LogP contribution >= 0.6 is 0 Å². The first-order valence-corrected chi connectivity index (χ1v) is 8.48. The maximum Gasteiger partial charge on any atom is 0.289 e. The van der Waals surface area contributed by atoms with E-state index in [1.54, 1.807) is 30.1 Å². The number of carbonyl (C=O) groups excluding carboxylic acids is 1. The SMILES string of the molecule is CN=C(NCc1cccc(C#N)c1)N1CCN(C(=O)c2ccco2)CC1. The zero-order chi connectivity index (χ0) is 18.4.